The van der Waals surface area contributed by atoms with Gasteiger partial charge < -0.3 is 32.3 Å². The van der Waals surface area contributed by atoms with E-state index in [-0.39, 0.29) is 6.54 Å². The molecule has 0 bridgehead atoms. The summed E-state index contributed by atoms with van der Waals surface area (Å²) in [5.74, 6) is -9.20. The molecule has 0 radical (unpaired) electrons. The van der Waals surface area contributed by atoms with Crippen molar-refractivity contribution in [1.29, 1.82) is 0 Å². The zero-order chi connectivity index (χ0) is 20.2. The first-order valence-corrected chi connectivity index (χ1v) is 7.55. The summed E-state index contributed by atoms with van der Waals surface area (Å²) < 4.78 is 0. The number of rotatable bonds is 9. The Bertz CT molecular complexity index is 661. The zero-order valence-electron chi connectivity index (χ0n) is 13.9. The minimum Gasteiger partial charge on any atom is -0.481 e. The van der Waals surface area contributed by atoms with Gasteiger partial charge in [0, 0.05) is 13.0 Å². The molecule has 26 heavy (non-hydrogen) atoms. The van der Waals surface area contributed by atoms with Crippen molar-refractivity contribution in [2.24, 2.45) is 17.4 Å². The van der Waals surface area contributed by atoms with Gasteiger partial charge in [-0.3, -0.25) is 24.0 Å². The lowest BCUT2D eigenvalue weighted by atomic mass is 9.83. The molecule has 1 aliphatic rings. The van der Waals surface area contributed by atoms with Crippen LogP contribution in [-0.2, 0) is 28.8 Å². The van der Waals surface area contributed by atoms with E-state index in [4.69, 9.17) is 16.6 Å². The number of ketones is 2. The number of aliphatic carboxylic acids is 2. The summed E-state index contributed by atoms with van der Waals surface area (Å²) in [7, 11) is 0. The number of carbonyl (C=O) groups is 6. The first-order valence-electron chi connectivity index (χ1n) is 7.55. The van der Waals surface area contributed by atoms with Gasteiger partial charge in [-0.1, -0.05) is 0 Å². The highest BCUT2D eigenvalue weighted by Crippen LogP contribution is 2.23. The van der Waals surface area contributed by atoms with Gasteiger partial charge in [0.25, 0.3) is 0 Å². The summed E-state index contributed by atoms with van der Waals surface area (Å²) in [5, 5.41) is 22.6. The van der Waals surface area contributed by atoms with Gasteiger partial charge in [0.15, 0.2) is 23.0 Å². The van der Waals surface area contributed by atoms with Crippen LogP contribution in [0.1, 0.15) is 19.8 Å². The monoisotopic (exact) mass is 372 g/mol. The van der Waals surface area contributed by atoms with Gasteiger partial charge in [-0.25, -0.2) is 4.79 Å². The van der Waals surface area contributed by atoms with Gasteiger partial charge >= 0.3 is 11.9 Å². The number of carbonyl (C=O) groups excluding carboxylic acids is 4. The summed E-state index contributed by atoms with van der Waals surface area (Å²) in [6.45, 7) is 0.972. The summed E-state index contributed by atoms with van der Waals surface area (Å²) in [5.41, 5.74) is 8.08. The molecule has 0 saturated carbocycles. The highest BCUT2D eigenvalue weighted by atomic mass is 16.4. The molecule has 2 unspecified atom stereocenters. The summed E-state index contributed by atoms with van der Waals surface area (Å²) in [6.07, 6.45) is -2.25. The molecule has 0 aromatic carbocycles. The first kappa shape index (κ1) is 21.2. The molecular formula is C14H20N4O8. The van der Waals surface area contributed by atoms with E-state index in [9.17, 15) is 33.9 Å². The Hall–Kier alpha value is -2.86. The number of hydrogen-bond donors (Lipinski definition) is 6. The highest BCUT2D eigenvalue weighted by Gasteiger charge is 2.50. The molecule has 1 rings (SSSR count). The largest absolute Gasteiger partial charge is 0.481 e. The SMILES string of the molecule is C[C@H](N)C(=O)NC(CC(=O)O)(CC(=O)C1C(=O)N[C@@H](CN)C1=O)C(=O)O. The van der Waals surface area contributed by atoms with Gasteiger partial charge in [-0.15, -0.1) is 0 Å². The second-order valence-electron chi connectivity index (χ2n) is 6.01. The molecule has 1 aliphatic heterocycles. The molecule has 144 valence electrons. The van der Waals surface area contributed by atoms with Crippen molar-refractivity contribution in [2.75, 3.05) is 6.54 Å². The quantitative estimate of drug-likeness (QED) is 0.218. The normalized spacial score (nSPS) is 22.9. The maximum absolute atomic E-state index is 12.4. The average molecular weight is 372 g/mol. The van der Waals surface area contributed by atoms with E-state index in [1.807, 2.05) is 5.32 Å². The summed E-state index contributed by atoms with van der Waals surface area (Å²) in [4.78, 5) is 70.8. The van der Waals surface area contributed by atoms with Crippen LogP contribution in [0.3, 0.4) is 0 Å². The molecule has 0 aliphatic carbocycles. The molecule has 4 atom stereocenters. The zero-order valence-corrected chi connectivity index (χ0v) is 13.9. The maximum atomic E-state index is 12.4. The Labute approximate surface area is 147 Å². The predicted molar refractivity (Wildman–Crippen MR) is 83.5 cm³/mol. The van der Waals surface area contributed by atoms with Crippen molar-refractivity contribution in [3.8, 4) is 0 Å². The average Bonchev–Trinajstić information content (AvgIpc) is 2.80. The van der Waals surface area contributed by atoms with Crippen LogP contribution in [0.5, 0.6) is 0 Å². The highest BCUT2D eigenvalue weighted by molar-refractivity contribution is 6.25. The van der Waals surface area contributed by atoms with Crippen LogP contribution in [0.15, 0.2) is 0 Å². The molecule has 12 nitrogen and oxygen atoms in total. The Morgan fingerprint density at radius 1 is 1.23 bits per heavy atom. The third kappa shape index (κ3) is 4.40. The van der Waals surface area contributed by atoms with Gasteiger partial charge in [-0.05, 0) is 6.92 Å². The van der Waals surface area contributed by atoms with E-state index in [1.54, 1.807) is 0 Å². The van der Waals surface area contributed by atoms with E-state index in [2.05, 4.69) is 5.32 Å². The lowest BCUT2D eigenvalue weighted by Crippen LogP contribution is -2.60. The topological polar surface area (TPSA) is 219 Å². The second kappa shape index (κ2) is 8.01. The number of carboxylic acids is 2. The van der Waals surface area contributed by atoms with E-state index in [1.165, 1.54) is 6.92 Å². The van der Waals surface area contributed by atoms with Crippen LogP contribution in [-0.4, -0.2) is 69.7 Å². The fourth-order valence-electron chi connectivity index (χ4n) is 2.50. The Balaban J connectivity index is 3.18. The second-order valence-corrected chi connectivity index (χ2v) is 6.01. The minimum atomic E-state index is -2.56. The summed E-state index contributed by atoms with van der Waals surface area (Å²) >= 11 is 0. The molecule has 0 aromatic heterocycles. The van der Waals surface area contributed by atoms with Crippen LogP contribution >= 0.6 is 0 Å². The van der Waals surface area contributed by atoms with Crippen LogP contribution in [0.25, 0.3) is 0 Å². The minimum absolute atomic E-state index is 0.255. The summed E-state index contributed by atoms with van der Waals surface area (Å²) in [6, 6.07) is -2.27. The molecule has 1 saturated heterocycles. The molecule has 12 heteroatoms. The molecule has 0 aromatic rings. The van der Waals surface area contributed by atoms with Crippen LogP contribution in [0.2, 0.25) is 0 Å². The van der Waals surface area contributed by atoms with Crippen molar-refractivity contribution >= 4 is 35.3 Å². The number of amides is 2. The third-order valence-electron chi connectivity index (χ3n) is 3.88. The Morgan fingerprint density at radius 3 is 2.19 bits per heavy atom. The number of carboxylic acid groups (broad SMARTS) is 2. The Morgan fingerprint density at radius 2 is 1.81 bits per heavy atom. The standard InChI is InChI=1S/C14H20N4O8/c1-5(16)11(23)18-14(13(25)26,3-8(20)21)2-7(19)9-10(22)6(4-15)17-12(9)24/h5-6,9H,2-4,15-16H2,1H3,(H,17,24)(H,18,23)(H,20,21)(H,25,26)/t5-,6-,9?,14?/m0/s1. The predicted octanol–water partition coefficient (Wildman–Crippen LogP) is -3.65. The number of Topliss-reactive ketones (excluding diaryl/α,β-unsaturated/α-hetero) is 2. The van der Waals surface area contributed by atoms with Crippen molar-refractivity contribution in [3.05, 3.63) is 0 Å². The van der Waals surface area contributed by atoms with Crippen LogP contribution in [0, 0.1) is 5.92 Å². The van der Waals surface area contributed by atoms with Crippen molar-refractivity contribution in [2.45, 2.75) is 37.4 Å². The van der Waals surface area contributed by atoms with Crippen molar-refractivity contribution < 1.29 is 39.0 Å². The van der Waals surface area contributed by atoms with E-state index < -0.39 is 71.7 Å². The lowest BCUT2D eigenvalue weighted by molar-refractivity contribution is -0.155. The smallest absolute Gasteiger partial charge is 0.330 e. The molecule has 2 amide bonds. The molecule has 1 heterocycles. The van der Waals surface area contributed by atoms with E-state index in [0.717, 1.165) is 0 Å². The van der Waals surface area contributed by atoms with Gasteiger partial charge in [0.05, 0.1) is 12.5 Å². The van der Waals surface area contributed by atoms with E-state index >= 15 is 0 Å². The van der Waals surface area contributed by atoms with Crippen LogP contribution in [0.4, 0.5) is 0 Å². The number of nitrogens with one attached hydrogen (secondary N) is 2. The number of hydrogen-bond acceptors (Lipinski definition) is 8. The van der Waals surface area contributed by atoms with Gasteiger partial charge in [0.2, 0.25) is 11.8 Å². The fraction of sp³-hybridized carbons (Fsp3) is 0.571. The van der Waals surface area contributed by atoms with Gasteiger partial charge in [0.1, 0.15) is 6.04 Å². The van der Waals surface area contributed by atoms with Crippen molar-refractivity contribution in [3.63, 3.8) is 0 Å². The molecule has 1 fully saturated rings. The number of nitrogens with two attached hydrogens (primary N) is 2. The van der Waals surface area contributed by atoms with E-state index in [0.29, 0.717) is 0 Å². The maximum Gasteiger partial charge on any atom is 0.330 e. The first-order chi connectivity index (χ1) is 11.9. The molecule has 0 spiro atoms. The molecular weight excluding hydrogens is 352 g/mol. The van der Waals surface area contributed by atoms with Crippen molar-refractivity contribution in [1.82, 2.24) is 10.6 Å². The Kier molecular flexibility index (Phi) is 6.53. The lowest BCUT2D eigenvalue weighted by Gasteiger charge is -2.29. The molecule has 8 N–H and O–H groups in total. The van der Waals surface area contributed by atoms with Crippen LogP contribution < -0.4 is 22.1 Å². The van der Waals surface area contributed by atoms with Gasteiger partial charge in [-0.2, -0.15) is 0 Å². The third-order valence-corrected chi connectivity index (χ3v) is 3.88. The fourth-order valence-corrected chi connectivity index (χ4v) is 2.50.